The summed E-state index contributed by atoms with van der Waals surface area (Å²) < 4.78 is 10.7. The fourth-order valence-corrected chi connectivity index (χ4v) is 2.63. The Morgan fingerprint density at radius 1 is 1.29 bits per heavy atom. The van der Waals surface area contributed by atoms with Crippen molar-refractivity contribution in [3.63, 3.8) is 0 Å². The first kappa shape index (κ1) is 15.4. The zero-order chi connectivity index (χ0) is 15.6. The average Bonchev–Trinajstić information content (AvgIpc) is 2.51. The number of fused-ring (bicyclic) bond motifs is 1. The maximum absolute atomic E-state index is 12.2. The molecule has 6 nitrogen and oxygen atoms in total. The Labute approximate surface area is 125 Å². The van der Waals surface area contributed by atoms with Crippen LogP contribution < -0.4 is 19.7 Å². The molecule has 0 fully saturated rings. The highest BCUT2D eigenvalue weighted by Crippen LogP contribution is 2.38. The van der Waals surface area contributed by atoms with Crippen molar-refractivity contribution in [1.82, 2.24) is 10.2 Å². The number of ether oxygens (including phenoxy) is 2. The van der Waals surface area contributed by atoms with Gasteiger partial charge >= 0.3 is 6.03 Å². The maximum atomic E-state index is 12.2. The van der Waals surface area contributed by atoms with E-state index in [9.17, 15) is 4.79 Å². The average molecular weight is 293 g/mol. The van der Waals surface area contributed by atoms with Gasteiger partial charge in [0.05, 0.1) is 19.9 Å². The van der Waals surface area contributed by atoms with E-state index in [4.69, 9.17) is 9.47 Å². The number of nitrogens with one attached hydrogen (secondary N) is 1. The van der Waals surface area contributed by atoms with Crippen LogP contribution in [0.3, 0.4) is 0 Å². The molecule has 6 heteroatoms. The van der Waals surface area contributed by atoms with Gasteiger partial charge in [-0.3, -0.25) is 4.90 Å². The lowest BCUT2D eigenvalue weighted by Crippen LogP contribution is -2.50. The summed E-state index contributed by atoms with van der Waals surface area (Å²) in [6, 6.07) is 3.98. The van der Waals surface area contributed by atoms with E-state index in [2.05, 4.69) is 10.2 Å². The maximum Gasteiger partial charge on any atom is 0.321 e. The normalized spacial score (nSPS) is 17.4. The van der Waals surface area contributed by atoms with Gasteiger partial charge in [-0.2, -0.15) is 0 Å². The molecule has 116 valence electrons. The third-order valence-electron chi connectivity index (χ3n) is 3.91. The Morgan fingerprint density at radius 3 is 2.43 bits per heavy atom. The first-order chi connectivity index (χ1) is 10.0. The Hall–Kier alpha value is -1.95. The highest BCUT2D eigenvalue weighted by Gasteiger charge is 2.30. The van der Waals surface area contributed by atoms with E-state index >= 15 is 0 Å². The molecule has 0 spiro atoms. The number of hydrogen-bond acceptors (Lipinski definition) is 4. The molecule has 2 rings (SSSR count). The van der Waals surface area contributed by atoms with Crippen molar-refractivity contribution in [2.24, 2.45) is 0 Å². The molecule has 1 N–H and O–H groups in total. The van der Waals surface area contributed by atoms with E-state index in [0.717, 1.165) is 17.7 Å². The number of carbonyl (C=O) groups is 1. The van der Waals surface area contributed by atoms with Gasteiger partial charge < -0.3 is 19.7 Å². The third kappa shape index (κ3) is 2.90. The van der Waals surface area contributed by atoms with Crippen molar-refractivity contribution < 1.29 is 14.3 Å². The number of methoxy groups -OCH3 is 2. The molecule has 1 unspecified atom stereocenters. The van der Waals surface area contributed by atoms with Crippen LogP contribution in [0.5, 0.6) is 11.5 Å². The lowest BCUT2D eigenvalue weighted by molar-refractivity contribution is 0.239. The summed E-state index contributed by atoms with van der Waals surface area (Å²) in [5, 5.41) is 2.70. The first-order valence-corrected chi connectivity index (χ1v) is 6.92. The number of hydrogen-bond donors (Lipinski definition) is 1. The highest BCUT2D eigenvalue weighted by atomic mass is 16.5. The Kier molecular flexibility index (Phi) is 4.57. The summed E-state index contributed by atoms with van der Waals surface area (Å²) in [4.78, 5) is 16.1. The third-order valence-corrected chi connectivity index (χ3v) is 3.91. The van der Waals surface area contributed by atoms with E-state index < -0.39 is 0 Å². The summed E-state index contributed by atoms with van der Waals surface area (Å²) in [5.74, 6) is 1.32. The van der Waals surface area contributed by atoms with E-state index in [0.29, 0.717) is 18.0 Å². The second-order valence-electron chi connectivity index (χ2n) is 5.32. The molecule has 0 aromatic heterocycles. The number of urea groups is 1. The Balaban J connectivity index is 2.50. The molecule has 1 aliphatic heterocycles. The van der Waals surface area contributed by atoms with Gasteiger partial charge in [0.2, 0.25) is 0 Å². The molecular weight excluding hydrogens is 270 g/mol. The van der Waals surface area contributed by atoms with Gasteiger partial charge in [-0.1, -0.05) is 0 Å². The largest absolute Gasteiger partial charge is 0.493 e. The molecule has 21 heavy (non-hydrogen) atoms. The Bertz CT molecular complexity index is 531. The summed E-state index contributed by atoms with van der Waals surface area (Å²) >= 11 is 0. The van der Waals surface area contributed by atoms with Crippen LogP contribution in [0.1, 0.15) is 5.56 Å². The summed E-state index contributed by atoms with van der Waals surface area (Å²) in [6.45, 7) is 0.648. The van der Waals surface area contributed by atoms with Gasteiger partial charge in [0.25, 0.3) is 0 Å². The molecule has 0 saturated carbocycles. The number of nitrogens with zero attached hydrogens (tertiary/aromatic N) is 2. The smallest absolute Gasteiger partial charge is 0.321 e. The van der Waals surface area contributed by atoms with Crippen molar-refractivity contribution in [1.29, 1.82) is 0 Å². The SMILES string of the molecule is CNC(=O)N1CC(N(C)C)Cc2cc(OC)c(OC)cc21. The van der Waals surface area contributed by atoms with Crippen LogP contribution >= 0.6 is 0 Å². The minimum Gasteiger partial charge on any atom is -0.493 e. The van der Waals surface area contributed by atoms with Gasteiger partial charge in [0, 0.05) is 25.7 Å². The van der Waals surface area contributed by atoms with Crippen LogP contribution in [0.15, 0.2) is 12.1 Å². The zero-order valence-electron chi connectivity index (χ0n) is 13.3. The van der Waals surface area contributed by atoms with E-state index in [-0.39, 0.29) is 12.1 Å². The van der Waals surface area contributed by atoms with Crippen molar-refractivity contribution in [2.75, 3.05) is 46.8 Å². The first-order valence-electron chi connectivity index (χ1n) is 6.92. The van der Waals surface area contributed by atoms with Crippen LogP contribution in [-0.2, 0) is 6.42 Å². The van der Waals surface area contributed by atoms with Crippen LogP contribution in [-0.4, -0.2) is 58.9 Å². The van der Waals surface area contributed by atoms with Crippen LogP contribution in [0.25, 0.3) is 0 Å². The van der Waals surface area contributed by atoms with Crippen LogP contribution in [0, 0.1) is 0 Å². The molecule has 0 aliphatic carbocycles. The summed E-state index contributed by atoms with van der Waals surface area (Å²) in [7, 11) is 8.91. The molecule has 0 radical (unpaired) electrons. The second kappa shape index (κ2) is 6.22. The van der Waals surface area contributed by atoms with Crippen molar-refractivity contribution in [3.8, 4) is 11.5 Å². The molecular formula is C15H23N3O3. The van der Waals surface area contributed by atoms with Gasteiger partial charge in [0.15, 0.2) is 11.5 Å². The molecule has 1 atom stereocenters. The van der Waals surface area contributed by atoms with Crippen molar-refractivity contribution in [3.05, 3.63) is 17.7 Å². The van der Waals surface area contributed by atoms with Crippen molar-refractivity contribution >= 4 is 11.7 Å². The summed E-state index contributed by atoms with van der Waals surface area (Å²) in [5.41, 5.74) is 1.96. The van der Waals surface area contributed by atoms with Gasteiger partial charge in [-0.15, -0.1) is 0 Å². The predicted octanol–water partition coefficient (Wildman–Crippen LogP) is 1.34. The molecule has 1 aromatic carbocycles. The fraction of sp³-hybridized carbons (Fsp3) is 0.533. The van der Waals surface area contributed by atoms with Gasteiger partial charge in [-0.25, -0.2) is 4.79 Å². The second-order valence-corrected chi connectivity index (χ2v) is 5.32. The topological polar surface area (TPSA) is 54.0 Å². The van der Waals surface area contributed by atoms with Crippen LogP contribution in [0.4, 0.5) is 10.5 Å². The Morgan fingerprint density at radius 2 is 1.90 bits per heavy atom. The highest BCUT2D eigenvalue weighted by molar-refractivity contribution is 5.93. The summed E-state index contributed by atoms with van der Waals surface area (Å²) in [6.07, 6.45) is 0.871. The molecule has 0 bridgehead atoms. The number of likely N-dealkylation sites (N-methyl/N-ethyl adjacent to an activating group) is 1. The number of rotatable bonds is 3. The molecule has 0 saturated heterocycles. The monoisotopic (exact) mass is 293 g/mol. The molecule has 1 aliphatic rings. The number of benzene rings is 1. The minimum atomic E-state index is -0.116. The van der Waals surface area contributed by atoms with E-state index in [1.165, 1.54) is 0 Å². The van der Waals surface area contributed by atoms with Gasteiger partial charge in [-0.05, 0) is 32.1 Å². The number of amides is 2. The number of carbonyl (C=O) groups excluding carboxylic acids is 1. The molecule has 2 amide bonds. The quantitative estimate of drug-likeness (QED) is 0.913. The number of anilines is 1. The fourth-order valence-electron chi connectivity index (χ4n) is 2.63. The lowest BCUT2D eigenvalue weighted by Gasteiger charge is -2.37. The predicted molar refractivity (Wildman–Crippen MR) is 82.5 cm³/mol. The molecule has 1 heterocycles. The van der Waals surface area contributed by atoms with Crippen LogP contribution in [0.2, 0.25) is 0 Å². The molecule has 1 aromatic rings. The van der Waals surface area contributed by atoms with E-state index in [1.807, 2.05) is 26.2 Å². The van der Waals surface area contributed by atoms with E-state index in [1.54, 1.807) is 26.2 Å². The lowest BCUT2D eigenvalue weighted by atomic mass is 9.96. The minimum absolute atomic E-state index is 0.116. The zero-order valence-corrected chi connectivity index (χ0v) is 13.3. The standard InChI is InChI=1S/C15H23N3O3/c1-16-15(19)18-9-11(17(2)3)6-10-7-13(20-4)14(21-5)8-12(10)18/h7-8,11H,6,9H2,1-5H3,(H,16,19). The van der Waals surface area contributed by atoms with Gasteiger partial charge in [0.1, 0.15) is 0 Å². The van der Waals surface area contributed by atoms with Crippen molar-refractivity contribution in [2.45, 2.75) is 12.5 Å².